The van der Waals surface area contributed by atoms with Crippen molar-refractivity contribution in [2.45, 2.75) is 6.92 Å². The molecule has 26 heavy (non-hydrogen) atoms. The molecular formula is C18H18N6O2. The van der Waals surface area contributed by atoms with Gasteiger partial charge in [0.25, 0.3) is 0 Å². The summed E-state index contributed by atoms with van der Waals surface area (Å²) in [5.41, 5.74) is 0.993. The van der Waals surface area contributed by atoms with Gasteiger partial charge in [0.15, 0.2) is 5.57 Å². The minimum atomic E-state index is -0.293. The second kappa shape index (κ2) is 8.41. The molecule has 0 bridgehead atoms. The highest BCUT2D eigenvalue weighted by atomic mass is 16.5. The second-order valence-electron chi connectivity index (χ2n) is 5.59. The summed E-state index contributed by atoms with van der Waals surface area (Å²) >= 11 is 0. The standard InChI is InChI=1S/C18H18N6O2/c1-13(25)23-5-7-24(8-6-23)15-3-4-16(18(9-15)26-2)22-17(12-21)14(10-19)11-20/h3-4,9,22H,5-8H2,1-2H3. The smallest absolute Gasteiger partial charge is 0.219 e. The number of hydrogen-bond donors (Lipinski definition) is 1. The van der Waals surface area contributed by atoms with Crippen LogP contribution in [0.2, 0.25) is 0 Å². The van der Waals surface area contributed by atoms with E-state index in [2.05, 4.69) is 10.2 Å². The molecule has 8 nitrogen and oxygen atoms in total. The van der Waals surface area contributed by atoms with Crippen molar-refractivity contribution in [3.05, 3.63) is 29.5 Å². The zero-order valence-corrected chi connectivity index (χ0v) is 14.6. The van der Waals surface area contributed by atoms with Crippen molar-refractivity contribution in [1.29, 1.82) is 15.8 Å². The number of rotatable bonds is 4. The van der Waals surface area contributed by atoms with Gasteiger partial charge >= 0.3 is 0 Å². The monoisotopic (exact) mass is 350 g/mol. The number of nitrogens with zero attached hydrogens (tertiary/aromatic N) is 5. The number of methoxy groups -OCH3 is 1. The van der Waals surface area contributed by atoms with Crippen LogP contribution < -0.4 is 15.0 Å². The van der Waals surface area contributed by atoms with Crippen LogP contribution in [-0.4, -0.2) is 44.1 Å². The average Bonchev–Trinajstić information content (AvgIpc) is 2.68. The molecule has 132 valence electrons. The molecule has 8 heteroatoms. The lowest BCUT2D eigenvalue weighted by Crippen LogP contribution is -2.48. The van der Waals surface area contributed by atoms with Gasteiger partial charge < -0.3 is 19.9 Å². The van der Waals surface area contributed by atoms with Crippen molar-refractivity contribution < 1.29 is 9.53 Å². The Hall–Kier alpha value is -3.70. The highest BCUT2D eigenvalue weighted by Crippen LogP contribution is 2.31. The fraction of sp³-hybridized carbons (Fsp3) is 0.333. The normalized spacial score (nSPS) is 13.0. The van der Waals surface area contributed by atoms with Crippen LogP contribution >= 0.6 is 0 Å². The molecule has 1 heterocycles. The van der Waals surface area contributed by atoms with Gasteiger partial charge in [0.05, 0.1) is 12.8 Å². The molecule has 0 radical (unpaired) electrons. The van der Waals surface area contributed by atoms with E-state index in [4.69, 9.17) is 20.5 Å². The van der Waals surface area contributed by atoms with Crippen molar-refractivity contribution in [3.8, 4) is 24.0 Å². The van der Waals surface area contributed by atoms with E-state index < -0.39 is 0 Å². The lowest BCUT2D eigenvalue weighted by molar-refractivity contribution is -0.129. The quantitative estimate of drug-likeness (QED) is 0.820. The maximum atomic E-state index is 11.4. The number of nitriles is 3. The minimum Gasteiger partial charge on any atom is -0.494 e. The molecule has 0 aliphatic carbocycles. The number of nitrogens with one attached hydrogen (secondary N) is 1. The Labute approximate surface area is 152 Å². The molecule has 1 aliphatic heterocycles. The first-order valence-corrected chi connectivity index (χ1v) is 7.94. The minimum absolute atomic E-state index is 0.0726. The third-order valence-electron chi connectivity index (χ3n) is 4.12. The summed E-state index contributed by atoms with van der Waals surface area (Å²) in [6, 6.07) is 10.6. The fourth-order valence-corrected chi connectivity index (χ4v) is 2.68. The maximum absolute atomic E-state index is 11.4. The van der Waals surface area contributed by atoms with Crippen LogP contribution in [0.4, 0.5) is 11.4 Å². The van der Waals surface area contributed by atoms with E-state index in [1.807, 2.05) is 18.2 Å². The molecule has 0 atom stereocenters. The summed E-state index contributed by atoms with van der Waals surface area (Å²) in [4.78, 5) is 15.4. The number of anilines is 2. The third kappa shape index (κ3) is 4.03. The number of allylic oxidation sites excluding steroid dienone is 2. The average molecular weight is 350 g/mol. The number of carbonyl (C=O) groups is 1. The van der Waals surface area contributed by atoms with E-state index >= 15 is 0 Å². The Morgan fingerprint density at radius 1 is 1.12 bits per heavy atom. The van der Waals surface area contributed by atoms with E-state index in [0.717, 1.165) is 5.69 Å². The summed E-state index contributed by atoms with van der Waals surface area (Å²) in [5.74, 6) is 0.558. The number of hydrogen-bond acceptors (Lipinski definition) is 7. The molecule has 1 N–H and O–H groups in total. The van der Waals surface area contributed by atoms with Gasteiger partial charge in [-0.15, -0.1) is 0 Å². The Balaban J connectivity index is 2.22. The zero-order valence-electron chi connectivity index (χ0n) is 14.6. The van der Waals surface area contributed by atoms with E-state index in [1.165, 1.54) is 7.11 Å². The molecule has 1 fully saturated rings. The summed E-state index contributed by atoms with van der Waals surface area (Å²) < 4.78 is 5.38. The number of piperazine rings is 1. The second-order valence-corrected chi connectivity index (χ2v) is 5.59. The van der Waals surface area contributed by atoms with Crippen LogP contribution in [0.1, 0.15) is 6.92 Å². The molecule has 1 aromatic rings. The molecule has 1 aliphatic rings. The van der Waals surface area contributed by atoms with Crippen molar-refractivity contribution in [3.63, 3.8) is 0 Å². The van der Waals surface area contributed by atoms with Crippen LogP contribution in [0.25, 0.3) is 0 Å². The SMILES string of the molecule is COc1cc(N2CCN(C(C)=O)CC2)ccc1NC(C#N)=C(C#N)C#N. The Kier molecular flexibility index (Phi) is 6.03. The number of amides is 1. The van der Waals surface area contributed by atoms with Crippen molar-refractivity contribution in [2.75, 3.05) is 43.5 Å². The van der Waals surface area contributed by atoms with Gasteiger partial charge in [-0.05, 0) is 12.1 Å². The zero-order chi connectivity index (χ0) is 19.1. The van der Waals surface area contributed by atoms with Crippen molar-refractivity contribution >= 4 is 17.3 Å². The molecule has 0 spiro atoms. The van der Waals surface area contributed by atoms with Crippen LogP contribution in [0.5, 0.6) is 5.75 Å². The summed E-state index contributed by atoms with van der Waals surface area (Å²) in [5, 5.41) is 29.8. The molecule has 0 unspecified atom stereocenters. The highest BCUT2D eigenvalue weighted by Gasteiger charge is 2.20. The molecule has 2 rings (SSSR count). The topological polar surface area (TPSA) is 116 Å². The number of ether oxygens (including phenoxy) is 1. The molecule has 1 amide bonds. The highest BCUT2D eigenvalue weighted by molar-refractivity contribution is 5.74. The third-order valence-corrected chi connectivity index (χ3v) is 4.12. The van der Waals surface area contributed by atoms with Crippen molar-refractivity contribution in [1.82, 2.24) is 4.90 Å². The maximum Gasteiger partial charge on any atom is 0.219 e. The van der Waals surface area contributed by atoms with Gasteiger partial charge in [0.1, 0.15) is 29.7 Å². The predicted molar refractivity (Wildman–Crippen MR) is 94.9 cm³/mol. The van der Waals surface area contributed by atoms with E-state index in [1.54, 1.807) is 30.0 Å². The van der Waals surface area contributed by atoms with Crippen molar-refractivity contribution in [2.24, 2.45) is 0 Å². The molecule has 0 aromatic heterocycles. The summed E-state index contributed by atoms with van der Waals surface area (Å²) in [7, 11) is 1.50. The molecular weight excluding hydrogens is 332 g/mol. The first-order chi connectivity index (χ1) is 12.5. The Morgan fingerprint density at radius 2 is 1.77 bits per heavy atom. The number of benzene rings is 1. The summed E-state index contributed by atoms with van der Waals surface area (Å²) in [6.45, 7) is 4.31. The number of carbonyl (C=O) groups excluding carboxylic acids is 1. The van der Waals surface area contributed by atoms with Crippen LogP contribution in [0, 0.1) is 34.0 Å². The van der Waals surface area contributed by atoms with Gasteiger partial charge in [-0.25, -0.2) is 0 Å². The predicted octanol–water partition coefficient (Wildman–Crippen LogP) is 1.60. The largest absolute Gasteiger partial charge is 0.494 e. The summed E-state index contributed by atoms with van der Waals surface area (Å²) in [6.07, 6.45) is 0. The Morgan fingerprint density at radius 3 is 2.27 bits per heavy atom. The van der Waals surface area contributed by atoms with Crippen LogP contribution in [0.3, 0.4) is 0 Å². The molecule has 1 saturated heterocycles. The molecule has 0 saturated carbocycles. The first-order valence-electron chi connectivity index (χ1n) is 7.94. The Bertz CT molecular complexity index is 832. The molecule has 1 aromatic carbocycles. The van der Waals surface area contributed by atoms with Gasteiger partial charge in [-0.3, -0.25) is 4.79 Å². The first kappa shape index (κ1) is 18.6. The lowest BCUT2D eigenvalue weighted by Gasteiger charge is -2.35. The van der Waals surface area contributed by atoms with E-state index in [-0.39, 0.29) is 17.2 Å². The van der Waals surface area contributed by atoms with Gasteiger partial charge in [0.2, 0.25) is 5.91 Å². The van der Waals surface area contributed by atoms with E-state index in [9.17, 15) is 4.79 Å². The van der Waals surface area contributed by atoms with Gasteiger partial charge in [-0.1, -0.05) is 0 Å². The van der Waals surface area contributed by atoms with Gasteiger partial charge in [0, 0.05) is 44.9 Å². The lowest BCUT2D eigenvalue weighted by atomic mass is 10.2. The fourth-order valence-electron chi connectivity index (χ4n) is 2.68. The van der Waals surface area contributed by atoms with Crippen LogP contribution in [-0.2, 0) is 4.79 Å². The van der Waals surface area contributed by atoms with Gasteiger partial charge in [-0.2, -0.15) is 15.8 Å². The van der Waals surface area contributed by atoms with E-state index in [0.29, 0.717) is 37.6 Å². The van der Waals surface area contributed by atoms with Crippen LogP contribution in [0.15, 0.2) is 29.5 Å².